The highest BCUT2D eigenvalue weighted by atomic mass is 35.5. The fraction of sp³-hybridized carbons (Fsp3) is 0.273. The molecule has 8 heteroatoms. The van der Waals surface area contributed by atoms with Crippen molar-refractivity contribution in [3.8, 4) is 0 Å². The molecule has 1 aliphatic heterocycles. The van der Waals surface area contributed by atoms with Crippen LogP contribution in [0.1, 0.15) is 16.8 Å². The summed E-state index contributed by atoms with van der Waals surface area (Å²) < 4.78 is 0. The maximum absolute atomic E-state index is 11.9. The highest BCUT2D eigenvalue weighted by Crippen LogP contribution is 2.24. The number of nitro groups is 1. The number of benzene rings is 1. The van der Waals surface area contributed by atoms with E-state index in [2.05, 4.69) is 10.6 Å². The van der Waals surface area contributed by atoms with Crippen molar-refractivity contribution in [1.29, 1.82) is 0 Å². The van der Waals surface area contributed by atoms with Gasteiger partial charge in [-0.25, -0.2) is 0 Å². The first-order valence-electron chi connectivity index (χ1n) is 5.49. The van der Waals surface area contributed by atoms with Gasteiger partial charge < -0.3 is 10.6 Å². The monoisotopic (exact) mass is 283 g/mol. The van der Waals surface area contributed by atoms with E-state index in [9.17, 15) is 19.7 Å². The number of nitro benzene ring substituents is 1. The van der Waals surface area contributed by atoms with Crippen LogP contribution in [0.5, 0.6) is 0 Å². The Kier molecular flexibility index (Phi) is 3.66. The van der Waals surface area contributed by atoms with E-state index in [1.807, 2.05) is 0 Å². The Morgan fingerprint density at radius 3 is 2.79 bits per heavy atom. The minimum atomic E-state index is -0.621. The number of rotatable bonds is 3. The van der Waals surface area contributed by atoms with Crippen molar-refractivity contribution in [1.82, 2.24) is 10.6 Å². The molecule has 1 unspecified atom stereocenters. The van der Waals surface area contributed by atoms with Crippen molar-refractivity contribution < 1.29 is 14.5 Å². The second-order valence-corrected chi connectivity index (χ2v) is 4.51. The maximum atomic E-state index is 11.9. The van der Waals surface area contributed by atoms with Gasteiger partial charge in [-0.15, -0.1) is 0 Å². The Morgan fingerprint density at radius 1 is 1.53 bits per heavy atom. The molecule has 1 atom stereocenters. The summed E-state index contributed by atoms with van der Waals surface area (Å²) in [6.07, 6.45) is 0.229. The van der Waals surface area contributed by atoms with Gasteiger partial charge in [0.1, 0.15) is 5.02 Å². The summed E-state index contributed by atoms with van der Waals surface area (Å²) in [4.78, 5) is 32.8. The zero-order valence-corrected chi connectivity index (χ0v) is 10.4. The maximum Gasteiger partial charge on any atom is 0.287 e. The quantitative estimate of drug-likeness (QED) is 0.634. The van der Waals surface area contributed by atoms with Gasteiger partial charge in [0.15, 0.2) is 0 Å². The van der Waals surface area contributed by atoms with E-state index in [4.69, 9.17) is 11.6 Å². The Morgan fingerprint density at radius 2 is 2.26 bits per heavy atom. The number of hydrogen-bond donors (Lipinski definition) is 2. The SMILES string of the molecule is O=C1CC(NC(=O)c2ccc([N+](=O)[O-])c(Cl)c2)CN1. The molecule has 1 heterocycles. The summed E-state index contributed by atoms with van der Waals surface area (Å²) in [5.74, 6) is -0.537. The molecular weight excluding hydrogens is 274 g/mol. The molecule has 1 saturated heterocycles. The standard InChI is InChI=1S/C11H10ClN3O4/c12-8-3-6(1-2-9(8)15(18)19)11(17)14-7-4-10(16)13-5-7/h1-3,7H,4-5H2,(H,13,16)(H,14,17). The Balaban J connectivity index is 2.09. The van der Waals surface area contributed by atoms with Crippen LogP contribution in [0.4, 0.5) is 5.69 Å². The molecule has 0 bridgehead atoms. The smallest absolute Gasteiger partial charge is 0.287 e. The summed E-state index contributed by atoms with van der Waals surface area (Å²) in [5, 5.41) is 15.7. The van der Waals surface area contributed by atoms with Crippen LogP contribution >= 0.6 is 11.6 Å². The van der Waals surface area contributed by atoms with Crippen LogP contribution in [0.2, 0.25) is 5.02 Å². The molecule has 1 aromatic carbocycles. The molecule has 1 fully saturated rings. The number of nitrogens with one attached hydrogen (secondary N) is 2. The van der Waals surface area contributed by atoms with Gasteiger partial charge in [0.2, 0.25) is 5.91 Å². The molecule has 0 spiro atoms. The number of carbonyl (C=O) groups excluding carboxylic acids is 2. The van der Waals surface area contributed by atoms with Crippen LogP contribution in [0.25, 0.3) is 0 Å². The molecular formula is C11H10ClN3O4. The second-order valence-electron chi connectivity index (χ2n) is 4.10. The predicted molar refractivity (Wildman–Crippen MR) is 67.0 cm³/mol. The van der Waals surface area contributed by atoms with Gasteiger partial charge in [-0.3, -0.25) is 19.7 Å². The molecule has 1 aliphatic rings. The van der Waals surface area contributed by atoms with Crippen LogP contribution in [0.3, 0.4) is 0 Å². The van der Waals surface area contributed by atoms with Crippen molar-refractivity contribution in [3.63, 3.8) is 0 Å². The van der Waals surface area contributed by atoms with E-state index in [-0.39, 0.29) is 34.6 Å². The van der Waals surface area contributed by atoms with Crippen molar-refractivity contribution in [3.05, 3.63) is 38.9 Å². The molecule has 0 radical (unpaired) electrons. The molecule has 19 heavy (non-hydrogen) atoms. The van der Waals surface area contributed by atoms with Crippen molar-refractivity contribution >= 4 is 29.1 Å². The van der Waals surface area contributed by atoms with Crippen LogP contribution in [-0.2, 0) is 4.79 Å². The van der Waals surface area contributed by atoms with Gasteiger partial charge in [0.05, 0.1) is 11.0 Å². The lowest BCUT2D eigenvalue weighted by Gasteiger charge is -2.10. The number of hydrogen-bond acceptors (Lipinski definition) is 4. The van der Waals surface area contributed by atoms with Gasteiger partial charge in [-0.1, -0.05) is 11.6 Å². The minimum Gasteiger partial charge on any atom is -0.354 e. The number of halogens is 1. The number of nitrogens with zero attached hydrogens (tertiary/aromatic N) is 1. The van der Waals surface area contributed by atoms with E-state index in [0.717, 1.165) is 0 Å². The van der Waals surface area contributed by atoms with Gasteiger partial charge in [-0.2, -0.15) is 0 Å². The van der Waals surface area contributed by atoms with E-state index in [0.29, 0.717) is 6.54 Å². The molecule has 0 saturated carbocycles. The van der Waals surface area contributed by atoms with Crippen LogP contribution in [0.15, 0.2) is 18.2 Å². The molecule has 2 N–H and O–H groups in total. The van der Waals surface area contributed by atoms with Gasteiger partial charge >= 0.3 is 0 Å². The first-order chi connectivity index (χ1) is 8.97. The first-order valence-corrected chi connectivity index (χ1v) is 5.86. The third-order valence-electron chi connectivity index (χ3n) is 2.72. The van der Waals surface area contributed by atoms with E-state index in [1.54, 1.807) is 0 Å². The van der Waals surface area contributed by atoms with Gasteiger partial charge in [0.25, 0.3) is 11.6 Å². The lowest BCUT2D eigenvalue weighted by atomic mass is 10.1. The second kappa shape index (κ2) is 5.23. The summed E-state index contributed by atoms with van der Waals surface area (Å²) in [6.45, 7) is 0.380. The molecule has 2 rings (SSSR count). The average Bonchev–Trinajstić information content (AvgIpc) is 2.74. The molecule has 2 amide bonds. The van der Waals surface area contributed by atoms with E-state index < -0.39 is 10.8 Å². The van der Waals surface area contributed by atoms with E-state index in [1.165, 1.54) is 18.2 Å². The van der Waals surface area contributed by atoms with Crippen molar-refractivity contribution in [2.75, 3.05) is 6.54 Å². The average molecular weight is 284 g/mol. The zero-order chi connectivity index (χ0) is 14.0. The normalized spacial score (nSPS) is 17.9. The first kappa shape index (κ1) is 13.3. The summed E-state index contributed by atoms with van der Waals surface area (Å²) in [6, 6.07) is 3.46. The molecule has 7 nitrogen and oxygen atoms in total. The Hall–Kier alpha value is -2.15. The molecule has 1 aromatic rings. The topological polar surface area (TPSA) is 101 Å². The number of amides is 2. The molecule has 0 aliphatic carbocycles. The number of carbonyl (C=O) groups is 2. The molecule has 100 valence electrons. The van der Waals surface area contributed by atoms with Gasteiger partial charge in [-0.05, 0) is 12.1 Å². The summed E-state index contributed by atoms with van der Waals surface area (Å²) >= 11 is 5.72. The highest BCUT2D eigenvalue weighted by molar-refractivity contribution is 6.33. The molecule has 0 aromatic heterocycles. The fourth-order valence-electron chi connectivity index (χ4n) is 1.77. The highest BCUT2D eigenvalue weighted by Gasteiger charge is 2.24. The fourth-order valence-corrected chi connectivity index (χ4v) is 2.02. The third kappa shape index (κ3) is 3.00. The van der Waals surface area contributed by atoms with Crippen molar-refractivity contribution in [2.24, 2.45) is 0 Å². The zero-order valence-electron chi connectivity index (χ0n) is 9.68. The van der Waals surface area contributed by atoms with Crippen molar-refractivity contribution in [2.45, 2.75) is 12.5 Å². The Bertz CT molecular complexity index is 561. The van der Waals surface area contributed by atoms with Gasteiger partial charge in [0, 0.05) is 24.6 Å². The van der Waals surface area contributed by atoms with Crippen LogP contribution in [-0.4, -0.2) is 29.3 Å². The largest absolute Gasteiger partial charge is 0.354 e. The van der Waals surface area contributed by atoms with E-state index >= 15 is 0 Å². The lowest BCUT2D eigenvalue weighted by molar-refractivity contribution is -0.384. The minimum absolute atomic E-state index is 0.0988. The summed E-state index contributed by atoms with van der Waals surface area (Å²) in [7, 11) is 0. The predicted octanol–water partition coefficient (Wildman–Crippen LogP) is 0.866. The summed E-state index contributed by atoms with van der Waals surface area (Å²) in [5.41, 5.74) is -0.0362. The third-order valence-corrected chi connectivity index (χ3v) is 3.02. The Labute approximate surface area is 113 Å². The van der Waals surface area contributed by atoms with Crippen LogP contribution < -0.4 is 10.6 Å². The van der Waals surface area contributed by atoms with Crippen LogP contribution in [0, 0.1) is 10.1 Å². The lowest BCUT2D eigenvalue weighted by Crippen LogP contribution is -2.36.